The van der Waals surface area contributed by atoms with E-state index in [4.69, 9.17) is 4.74 Å². The summed E-state index contributed by atoms with van der Waals surface area (Å²) < 4.78 is 33.5. The van der Waals surface area contributed by atoms with Gasteiger partial charge in [-0.25, -0.2) is 12.7 Å². The maximum absolute atomic E-state index is 13.4. The van der Waals surface area contributed by atoms with Crippen LogP contribution in [-0.2, 0) is 27.8 Å². The number of anilines is 1. The molecule has 1 amide bonds. The van der Waals surface area contributed by atoms with Gasteiger partial charge in [-0.05, 0) is 99.8 Å². The van der Waals surface area contributed by atoms with Crippen molar-refractivity contribution in [1.82, 2.24) is 14.1 Å². The zero-order valence-electron chi connectivity index (χ0n) is 23.9. The first-order valence-corrected chi connectivity index (χ1v) is 15.2. The molecule has 9 heteroatoms. The number of nitrogens with zero attached hydrogens (tertiary/aromatic N) is 3. The molecule has 4 rings (SSSR count). The van der Waals surface area contributed by atoms with Gasteiger partial charge in [-0.1, -0.05) is 18.2 Å². The second-order valence-corrected chi connectivity index (χ2v) is 12.7. The Bertz CT molecular complexity index is 1320. The van der Waals surface area contributed by atoms with Gasteiger partial charge < -0.3 is 15.0 Å². The van der Waals surface area contributed by atoms with Crippen LogP contribution in [-0.4, -0.2) is 81.9 Å². The third-order valence-corrected chi connectivity index (χ3v) is 9.99. The van der Waals surface area contributed by atoms with E-state index in [9.17, 15) is 13.2 Å². The van der Waals surface area contributed by atoms with E-state index in [-0.39, 0.29) is 23.8 Å². The standard InChI is InChI=1S/C30H42N4O4S/c1-6-7-24-20-28(38-5)18-22(2)30(24)39(36,37)33(4)16-13-29(35)31-26-9-8-25-21-34(17-10-23(25)19-26)27-11-14-32(3)15-12-27/h6-9,18-20,27H,10-17,21H2,1-5H3,(H,31,35)/b7-6-. The van der Waals surface area contributed by atoms with Crippen LogP contribution in [0.15, 0.2) is 41.3 Å². The van der Waals surface area contributed by atoms with E-state index < -0.39 is 10.0 Å². The second kappa shape index (κ2) is 12.6. The van der Waals surface area contributed by atoms with E-state index in [2.05, 4.69) is 34.3 Å². The average Bonchev–Trinajstić information content (AvgIpc) is 2.91. The first-order valence-electron chi connectivity index (χ1n) is 13.7. The van der Waals surface area contributed by atoms with Gasteiger partial charge in [-0.2, -0.15) is 0 Å². The van der Waals surface area contributed by atoms with Crippen LogP contribution in [0.4, 0.5) is 5.69 Å². The van der Waals surface area contributed by atoms with Gasteiger partial charge in [0.15, 0.2) is 0 Å². The molecule has 2 heterocycles. The fourth-order valence-corrected chi connectivity index (χ4v) is 7.16. The molecule has 212 valence electrons. The highest BCUT2D eigenvalue weighted by molar-refractivity contribution is 7.89. The molecule has 0 unspecified atom stereocenters. The van der Waals surface area contributed by atoms with E-state index in [1.807, 2.05) is 13.0 Å². The van der Waals surface area contributed by atoms with Gasteiger partial charge in [0.2, 0.25) is 15.9 Å². The normalized spacial score (nSPS) is 17.5. The Morgan fingerprint density at radius 2 is 1.90 bits per heavy atom. The topological polar surface area (TPSA) is 82.2 Å². The number of hydrogen-bond acceptors (Lipinski definition) is 6. The molecule has 2 aromatic carbocycles. The predicted molar refractivity (Wildman–Crippen MR) is 157 cm³/mol. The van der Waals surface area contributed by atoms with Gasteiger partial charge in [0, 0.05) is 44.8 Å². The number of benzene rings is 2. The Balaban J connectivity index is 1.36. The Kier molecular flexibility index (Phi) is 9.48. The summed E-state index contributed by atoms with van der Waals surface area (Å²) in [5.74, 6) is 0.391. The van der Waals surface area contributed by atoms with Crippen LogP contribution in [0.2, 0.25) is 0 Å². The minimum absolute atomic E-state index is 0.0604. The Labute approximate surface area is 233 Å². The highest BCUT2D eigenvalue weighted by Gasteiger charge is 2.28. The number of carbonyl (C=O) groups is 1. The number of aryl methyl sites for hydroxylation is 1. The molecule has 0 bridgehead atoms. The van der Waals surface area contributed by atoms with Crippen molar-refractivity contribution in [3.8, 4) is 5.75 Å². The highest BCUT2D eigenvalue weighted by atomic mass is 32.2. The number of ether oxygens (including phenoxy) is 1. The highest BCUT2D eigenvalue weighted by Crippen LogP contribution is 2.30. The van der Waals surface area contributed by atoms with Crippen molar-refractivity contribution in [3.05, 3.63) is 58.7 Å². The summed E-state index contributed by atoms with van der Waals surface area (Å²) in [7, 11) is 1.46. The monoisotopic (exact) mass is 554 g/mol. The van der Waals surface area contributed by atoms with Crippen LogP contribution in [0.3, 0.4) is 0 Å². The molecule has 0 aliphatic carbocycles. The molecule has 2 aliphatic rings. The lowest BCUT2D eigenvalue weighted by molar-refractivity contribution is -0.116. The van der Waals surface area contributed by atoms with E-state index in [1.54, 1.807) is 38.3 Å². The molecular formula is C30H42N4O4S. The van der Waals surface area contributed by atoms with Crippen molar-refractivity contribution in [2.24, 2.45) is 0 Å². The van der Waals surface area contributed by atoms with Crippen molar-refractivity contribution in [1.29, 1.82) is 0 Å². The Morgan fingerprint density at radius 3 is 2.59 bits per heavy atom. The van der Waals surface area contributed by atoms with E-state index >= 15 is 0 Å². The number of nitrogens with one attached hydrogen (secondary N) is 1. The summed E-state index contributed by atoms with van der Waals surface area (Å²) in [6, 6.07) is 10.2. The summed E-state index contributed by atoms with van der Waals surface area (Å²) in [5.41, 5.74) is 4.54. The van der Waals surface area contributed by atoms with Crippen molar-refractivity contribution in [2.75, 3.05) is 52.7 Å². The van der Waals surface area contributed by atoms with Gasteiger partial charge in [0.1, 0.15) is 5.75 Å². The molecule has 0 aromatic heterocycles. The van der Waals surface area contributed by atoms with Crippen molar-refractivity contribution in [3.63, 3.8) is 0 Å². The molecule has 39 heavy (non-hydrogen) atoms. The zero-order chi connectivity index (χ0) is 28.2. The number of likely N-dealkylation sites (tertiary alicyclic amines) is 1. The molecular weight excluding hydrogens is 512 g/mol. The minimum Gasteiger partial charge on any atom is -0.497 e. The van der Waals surface area contributed by atoms with Gasteiger partial charge in [-0.15, -0.1) is 0 Å². The summed E-state index contributed by atoms with van der Waals surface area (Å²) >= 11 is 0. The number of fused-ring (bicyclic) bond motifs is 1. The third-order valence-electron chi connectivity index (χ3n) is 7.92. The smallest absolute Gasteiger partial charge is 0.243 e. The number of hydrogen-bond donors (Lipinski definition) is 1. The number of piperidine rings is 1. The van der Waals surface area contributed by atoms with E-state index in [1.165, 1.54) is 35.3 Å². The molecule has 0 atom stereocenters. The molecule has 0 saturated carbocycles. The maximum atomic E-state index is 13.4. The fourth-order valence-electron chi connectivity index (χ4n) is 5.62. The molecule has 2 aromatic rings. The van der Waals surface area contributed by atoms with Gasteiger partial charge in [0.05, 0.1) is 12.0 Å². The minimum atomic E-state index is -3.81. The largest absolute Gasteiger partial charge is 0.497 e. The first kappa shape index (κ1) is 29.3. The molecule has 0 radical (unpaired) electrons. The number of sulfonamides is 1. The summed E-state index contributed by atoms with van der Waals surface area (Å²) in [6.45, 7) is 7.99. The fraction of sp³-hybridized carbons (Fsp3) is 0.500. The molecule has 0 spiro atoms. The summed E-state index contributed by atoms with van der Waals surface area (Å²) in [5, 5.41) is 2.97. The molecule has 2 aliphatic heterocycles. The molecule has 1 N–H and O–H groups in total. The lowest BCUT2D eigenvalue weighted by Gasteiger charge is -2.39. The van der Waals surface area contributed by atoms with Crippen LogP contribution in [0.5, 0.6) is 5.75 Å². The van der Waals surface area contributed by atoms with Crippen LogP contribution in [0.1, 0.15) is 48.4 Å². The SMILES string of the molecule is C/C=C\c1cc(OC)cc(C)c1S(=O)(=O)N(C)CCC(=O)Nc1ccc2c(c1)CCN(C1CCN(C)CC1)C2. The maximum Gasteiger partial charge on any atom is 0.243 e. The average molecular weight is 555 g/mol. The summed E-state index contributed by atoms with van der Waals surface area (Å²) in [4.78, 5) is 18.0. The number of rotatable bonds is 9. The number of carbonyl (C=O) groups excluding carboxylic acids is 1. The second-order valence-electron chi connectivity index (χ2n) is 10.7. The Hall–Kier alpha value is -2.72. The van der Waals surface area contributed by atoms with Crippen molar-refractivity contribution >= 4 is 27.7 Å². The number of allylic oxidation sites excluding steroid dienone is 1. The zero-order valence-corrected chi connectivity index (χ0v) is 24.7. The predicted octanol–water partition coefficient (Wildman–Crippen LogP) is 4.14. The summed E-state index contributed by atoms with van der Waals surface area (Å²) in [6.07, 6.45) is 7.03. The quantitative estimate of drug-likeness (QED) is 0.502. The molecule has 1 fully saturated rings. The van der Waals surface area contributed by atoms with E-state index in [0.717, 1.165) is 38.3 Å². The Morgan fingerprint density at radius 1 is 1.15 bits per heavy atom. The van der Waals surface area contributed by atoms with Gasteiger partial charge in [-0.3, -0.25) is 9.69 Å². The van der Waals surface area contributed by atoms with Crippen molar-refractivity contribution in [2.45, 2.75) is 57.0 Å². The van der Waals surface area contributed by atoms with E-state index in [0.29, 0.717) is 22.9 Å². The van der Waals surface area contributed by atoms with Gasteiger partial charge >= 0.3 is 0 Å². The van der Waals surface area contributed by atoms with Crippen molar-refractivity contribution < 1.29 is 17.9 Å². The lowest BCUT2D eigenvalue weighted by Crippen LogP contribution is -2.45. The third kappa shape index (κ3) is 6.90. The van der Waals surface area contributed by atoms with Crippen LogP contribution >= 0.6 is 0 Å². The number of methoxy groups -OCH3 is 1. The lowest BCUT2D eigenvalue weighted by atomic mass is 9.95. The first-order chi connectivity index (χ1) is 18.6. The number of amides is 1. The molecule has 8 nitrogen and oxygen atoms in total. The van der Waals surface area contributed by atoms with Crippen LogP contribution < -0.4 is 10.1 Å². The molecule has 1 saturated heterocycles. The van der Waals surface area contributed by atoms with Crippen LogP contribution in [0, 0.1) is 6.92 Å². The van der Waals surface area contributed by atoms with Gasteiger partial charge in [0.25, 0.3) is 0 Å². The van der Waals surface area contributed by atoms with Crippen LogP contribution in [0.25, 0.3) is 6.08 Å².